The predicted octanol–water partition coefficient (Wildman–Crippen LogP) is -0.757. The summed E-state index contributed by atoms with van der Waals surface area (Å²) in [5.41, 5.74) is 4.79. The van der Waals surface area contributed by atoms with Crippen LogP contribution in [-0.4, -0.2) is 17.1 Å². The van der Waals surface area contributed by atoms with Crippen LogP contribution < -0.4 is 5.73 Å². The molecule has 1 fully saturated rings. The van der Waals surface area contributed by atoms with E-state index in [1.807, 2.05) is 0 Å². The van der Waals surface area contributed by atoms with Crippen LogP contribution in [0.5, 0.6) is 0 Å². The predicted molar refractivity (Wildman–Crippen MR) is 27.9 cm³/mol. The highest BCUT2D eigenvalue weighted by Crippen LogP contribution is 2.32. The first kappa shape index (κ1) is 5.56. The molecule has 0 spiro atoms. The van der Waals surface area contributed by atoms with Crippen molar-refractivity contribution in [1.29, 1.82) is 0 Å². The van der Waals surface area contributed by atoms with Crippen molar-refractivity contribution in [2.45, 2.75) is 18.9 Å². The number of aliphatic hydroxyl groups excluding tert-OH is 1. The van der Waals surface area contributed by atoms with E-state index in [9.17, 15) is 4.79 Å². The number of nitrogens with two attached hydrogens (primary N) is 1. The third kappa shape index (κ3) is 0.980. The average molecular weight is 115 g/mol. The Morgan fingerprint density at radius 3 is 2.38 bits per heavy atom. The minimum Gasteiger partial charge on any atom is -0.383 e. The number of hydrogen-bond donors (Lipinski definition) is 2. The number of hydrogen-bond acceptors (Lipinski definition) is 2. The van der Waals surface area contributed by atoms with Gasteiger partial charge in [-0.25, -0.2) is 0 Å². The Hall–Kier alpha value is -0.570. The van der Waals surface area contributed by atoms with E-state index in [1.54, 1.807) is 0 Å². The third-order valence-corrected chi connectivity index (χ3v) is 1.36. The summed E-state index contributed by atoms with van der Waals surface area (Å²) in [4.78, 5) is 10.2. The van der Waals surface area contributed by atoms with Gasteiger partial charge in [0.05, 0.1) is 0 Å². The lowest BCUT2D eigenvalue weighted by Gasteiger charge is -1.99. The summed E-state index contributed by atoms with van der Waals surface area (Å²) in [7, 11) is 0. The lowest BCUT2D eigenvalue weighted by molar-refractivity contribution is -0.126. The number of carbonyl (C=O) groups is 1. The molecule has 0 radical (unpaired) electrons. The first-order chi connectivity index (χ1) is 3.72. The zero-order chi connectivity index (χ0) is 6.15. The maximum Gasteiger partial charge on any atom is 0.246 e. The molecule has 46 valence electrons. The van der Waals surface area contributed by atoms with Gasteiger partial charge in [-0.1, -0.05) is 0 Å². The first-order valence-electron chi connectivity index (χ1n) is 2.69. The van der Waals surface area contributed by atoms with Gasteiger partial charge in [0.1, 0.15) is 6.10 Å². The number of primary amides is 1. The summed E-state index contributed by atoms with van der Waals surface area (Å²) in [6, 6.07) is 0. The SMILES string of the molecule is NC(=O)[C@@H](O)C1CC1. The van der Waals surface area contributed by atoms with Crippen molar-refractivity contribution in [2.75, 3.05) is 0 Å². The number of amides is 1. The highest BCUT2D eigenvalue weighted by atomic mass is 16.3. The van der Waals surface area contributed by atoms with Crippen molar-refractivity contribution < 1.29 is 9.90 Å². The highest BCUT2D eigenvalue weighted by Gasteiger charge is 2.32. The molecule has 0 saturated heterocycles. The average Bonchev–Trinajstić information content (AvgIpc) is 2.43. The molecule has 0 unspecified atom stereocenters. The van der Waals surface area contributed by atoms with Gasteiger partial charge in [0.25, 0.3) is 0 Å². The van der Waals surface area contributed by atoms with Crippen molar-refractivity contribution in [2.24, 2.45) is 11.7 Å². The van der Waals surface area contributed by atoms with Gasteiger partial charge in [-0.05, 0) is 18.8 Å². The third-order valence-electron chi connectivity index (χ3n) is 1.36. The molecule has 3 N–H and O–H groups in total. The largest absolute Gasteiger partial charge is 0.383 e. The molecule has 3 heteroatoms. The molecule has 0 aromatic carbocycles. The van der Waals surface area contributed by atoms with Crippen LogP contribution in [0.2, 0.25) is 0 Å². The number of aliphatic hydroxyl groups is 1. The van der Waals surface area contributed by atoms with Crippen LogP contribution in [-0.2, 0) is 4.79 Å². The summed E-state index contributed by atoms with van der Waals surface area (Å²) < 4.78 is 0. The molecular formula is C5H9NO2. The zero-order valence-corrected chi connectivity index (χ0v) is 4.50. The van der Waals surface area contributed by atoms with Crippen LogP contribution in [0.15, 0.2) is 0 Å². The normalized spacial score (nSPS) is 22.6. The Kier molecular flexibility index (Phi) is 1.21. The monoisotopic (exact) mass is 115 g/mol. The minimum absolute atomic E-state index is 0.174. The molecule has 1 atom stereocenters. The Morgan fingerprint density at radius 1 is 1.75 bits per heavy atom. The lowest BCUT2D eigenvalue weighted by atomic mass is 10.2. The quantitative estimate of drug-likeness (QED) is 0.497. The Labute approximate surface area is 47.5 Å². The molecule has 3 nitrogen and oxygen atoms in total. The lowest BCUT2D eigenvalue weighted by Crippen LogP contribution is -2.29. The van der Waals surface area contributed by atoms with Crippen LogP contribution in [0.1, 0.15) is 12.8 Å². The van der Waals surface area contributed by atoms with Gasteiger partial charge in [-0.15, -0.1) is 0 Å². The van der Waals surface area contributed by atoms with Gasteiger partial charge in [0, 0.05) is 0 Å². The van der Waals surface area contributed by atoms with Gasteiger partial charge in [0.15, 0.2) is 0 Å². The highest BCUT2D eigenvalue weighted by molar-refractivity contribution is 5.79. The molecular weight excluding hydrogens is 106 g/mol. The number of rotatable bonds is 2. The Morgan fingerprint density at radius 2 is 2.25 bits per heavy atom. The maximum atomic E-state index is 10.2. The van der Waals surface area contributed by atoms with Crippen molar-refractivity contribution >= 4 is 5.91 Å². The van der Waals surface area contributed by atoms with E-state index in [2.05, 4.69) is 0 Å². The van der Waals surface area contributed by atoms with Crippen molar-refractivity contribution in [3.8, 4) is 0 Å². The van der Waals surface area contributed by atoms with E-state index in [0.717, 1.165) is 12.8 Å². The van der Waals surface area contributed by atoms with Crippen LogP contribution in [0.3, 0.4) is 0 Å². The molecule has 1 amide bonds. The second kappa shape index (κ2) is 1.74. The second-order valence-electron chi connectivity index (χ2n) is 2.18. The zero-order valence-electron chi connectivity index (χ0n) is 4.50. The molecule has 8 heavy (non-hydrogen) atoms. The first-order valence-corrected chi connectivity index (χ1v) is 2.69. The summed E-state index contributed by atoms with van der Waals surface area (Å²) in [5.74, 6) is -0.417. The van der Waals surface area contributed by atoms with Crippen molar-refractivity contribution in [3.05, 3.63) is 0 Å². The van der Waals surface area contributed by atoms with Crippen LogP contribution in [0, 0.1) is 5.92 Å². The molecule has 1 saturated carbocycles. The number of carbonyl (C=O) groups excluding carboxylic acids is 1. The van der Waals surface area contributed by atoms with Gasteiger partial charge >= 0.3 is 0 Å². The maximum absolute atomic E-state index is 10.2. The van der Waals surface area contributed by atoms with E-state index in [-0.39, 0.29) is 5.92 Å². The molecule has 1 aliphatic rings. The van der Waals surface area contributed by atoms with Crippen LogP contribution >= 0.6 is 0 Å². The minimum atomic E-state index is -0.880. The van der Waals surface area contributed by atoms with E-state index in [1.165, 1.54) is 0 Å². The van der Waals surface area contributed by atoms with E-state index < -0.39 is 12.0 Å². The van der Waals surface area contributed by atoms with Crippen LogP contribution in [0.4, 0.5) is 0 Å². The Bertz CT molecular complexity index is 109. The molecule has 1 aliphatic carbocycles. The molecule has 0 aromatic rings. The summed E-state index contributed by atoms with van der Waals surface area (Å²) in [6.07, 6.45) is 1.02. The topological polar surface area (TPSA) is 63.3 Å². The second-order valence-corrected chi connectivity index (χ2v) is 2.18. The van der Waals surface area contributed by atoms with Crippen LogP contribution in [0.25, 0.3) is 0 Å². The van der Waals surface area contributed by atoms with Gasteiger partial charge in [-0.3, -0.25) is 4.79 Å². The summed E-state index contributed by atoms with van der Waals surface area (Å²) >= 11 is 0. The molecule has 1 rings (SSSR count). The van der Waals surface area contributed by atoms with Gasteiger partial charge < -0.3 is 10.8 Å². The molecule has 0 aliphatic heterocycles. The van der Waals surface area contributed by atoms with Gasteiger partial charge in [-0.2, -0.15) is 0 Å². The summed E-state index contributed by atoms with van der Waals surface area (Å²) in [6.45, 7) is 0. The van der Waals surface area contributed by atoms with Crippen molar-refractivity contribution in [3.63, 3.8) is 0 Å². The smallest absolute Gasteiger partial charge is 0.246 e. The van der Waals surface area contributed by atoms with E-state index in [0.29, 0.717) is 0 Å². The molecule has 0 bridgehead atoms. The fraction of sp³-hybridized carbons (Fsp3) is 0.800. The molecule has 0 heterocycles. The summed E-state index contributed by atoms with van der Waals surface area (Å²) in [5, 5.41) is 8.79. The Balaban J connectivity index is 2.32. The fourth-order valence-electron chi connectivity index (χ4n) is 0.644. The fourth-order valence-corrected chi connectivity index (χ4v) is 0.644. The van der Waals surface area contributed by atoms with E-state index >= 15 is 0 Å². The van der Waals surface area contributed by atoms with E-state index in [4.69, 9.17) is 10.8 Å². The molecule has 0 aromatic heterocycles. The van der Waals surface area contributed by atoms with Crippen molar-refractivity contribution in [1.82, 2.24) is 0 Å². The van der Waals surface area contributed by atoms with Gasteiger partial charge in [0.2, 0.25) is 5.91 Å². The standard InChI is InChI=1S/C5H9NO2/c6-5(8)4(7)3-1-2-3/h3-4,7H,1-2H2,(H2,6,8)/t4-/m0/s1.